The van der Waals surface area contributed by atoms with E-state index in [0.29, 0.717) is 16.9 Å². The second-order valence-electron chi connectivity index (χ2n) is 4.44. The van der Waals surface area contributed by atoms with Crippen molar-refractivity contribution >= 4 is 23.5 Å². The molecule has 0 amide bonds. The third kappa shape index (κ3) is 2.60. The van der Waals surface area contributed by atoms with Gasteiger partial charge in [0.1, 0.15) is 0 Å². The van der Waals surface area contributed by atoms with Crippen LogP contribution in [-0.2, 0) is 0 Å². The van der Waals surface area contributed by atoms with E-state index in [1.165, 1.54) is 17.3 Å². The molecule has 0 aromatic carbocycles. The standard InChI is InChI=1S/C11H14ClN7/c12-8-6-14-19(7-8)11-16-9(13)15-10(17-11)18-4-2-1-3-5-18/h6-7H,1-5H2,(H2,13,15,16,17). The fraction of sp³-hybridized carbons (Fsp3) is 0.455. The lowest BCUT2D eigenvalue weighted by atomic mass is 10.1. The molecule has 2 aromatic rings. The monoisotopic (exact) mass is 279 g/mol. The number of nitrogen functional groups attached to an aromatic ring is 1. The Morgan fingerprint density at radius 1 is 1.05 bits per heavy atom. The van der Waals surface area contributed by atoms with Crippen LogP contribution in [-0.4, -0.2) is 37.8 Å². The fourth-order valence-corrected chi connectivity index (χ4v) is 2.25. The average Bonchev–Trinajstić information content (AvgIpc) is 2.86. The van der Waals surface area contributed by atoms with Crippen molar-refractivity contribution in [2.24, 2.45) is 0 Å². The van der Waals surface area contributed by atoms with E-state index in [0.717, 1.165) is 25.9 Å². The molecule has 8 heteroatoms. The Kier molecular flexibility index (Phi) is 3.20. The predicted octanol–water partition coefficient (Wildman–Crippen LogP) is 1.28. The summed E-state index contributed by atoms with van der Waals surface area (Å²) in [6, 6.07) is 0. The van der Waals surface area contributed by atoms with Crippen molar-refractivity contribution in [2.45, 2.75) is 19.3 Å². The molecule has 0 radical (unpaired) electrons. The maximum Gasteiger partial charge on any atom is 0.257 e. The first kappa shape index (κ1) is 12.2. The van der Waals surface area contributed by atoms with Crippen LogP contribution in [0, 0.1) is 0 Å². The molecule has 3 heterocycles. The molecule has 1 saturated heterocycles. The molecule has 0 spiro atoms. The summed E-state index contributed by atoms with van der Waals surface area (Å²) in [5.74, 6) is 1.19. The second kappa shape index (κ2) is 5.00. The van der Waals surface area contributed by atoms with Crippen molar-refractivity contribution in [1.82, 2.24) is 24.7 Å². The van der Waals surface area contributed by atoms with E-state index in [1.807, 2.05) is 0 Å². The first-order chi connectivity index (χ1) is 9.22. The smallest absolute Gasteiger partial charge is 0.257 e. The van der Waals surface area contributed by atoms with Gasteiger partial charge < -0.3 is 10.6 Å². The molecule has 3 rings (SSSR count). The minimum atomic E-state index is 0.192. The highest BCUT2D eigenvalue weighted by Crippen LogP contribution is 2.17. The maximum atomic E-state index is 5.84. The Hall–Kier alpha value is -1.89. The van der Waals surface area contributed by atoms with E-state index in [-0.39, 0.29) is 5.95 Å². The van der Waals surface area contributed by atoms with Gasteiger partial charge in [-0.25, -0.2) is 4.68 Å². The molecule has 100 valence electrons. The molecule has 1 fully saturated rings. The molecule has 1 aliphatic rings. The van der Waals surface area contributed by atoms with Crippen molar-refractivity contribution in [3.8, 4) is 5.95 Å². The minimum absolute atomic E-state index is 0.192. The Balaban J connectivity index is 1.95. The summed E-state index contributed by atoms with van der Waals surface area (Å²) in [6.07, 6.45) is 6.71. The zero-order valence-electron chi connectivity index (χ0n) is 10.3. The van der Waals surface area contributed by atoms with E-state index >= 15 is 0 Å². The summed E-state index contributed by atoms with van der Waals surface area (Å²) in [5.41, 5.74) is 5.75. The largest absolute Gasteiger partial charge is 0.368 e. The number of anilines is 2. The lowest BCUT2D eigenvalue weighted by Crippen LogP contribution is -2.31. The summed E-state index contributed by atoms with van der Waals surface area (Å²) in [7, 11) is 0. The molecule has 1 aliphatic heterocycles. The van der Waals surface area contributed by atoms with Crippen molar-refractivity contribution in [2.75, 3.05) is 23.7 Å². The average molecular weight is 280 g/mol. The first-order valence-corrected chi connectivity index (χ1v) is 6.57. The number of rotatable bonds is 2. The molecular weight excluding hydrogens is 266 g/mol. The lowest BCUT2D eigenvalue weighted by Gasteiger charge is -2.26. The first-order valence-electron chi connectivity index (χ1n) is 6.19. The SMILES string of the molecule is Nc1nc(N2CCCCC2)nc(-n2cc(Cl)cn2)n1. The van der Waals surface area contributed by atoms with E-state index < -0.39 is 0 Å². The zero-order chi connectivity index (χ0) is 13.2. The lowest BCUT2D eigenvalue weighted by molar-refractivity contribution is 0.566. The van der Waals surface area contributed by atoms with Crippen LogP contribution >= 0.6 is 11.6 Å². The highest BCUT2D eigenvalue weighted by Gasteiger charge is 2.16. The number of nitrogens with zero attached hydrogens (tertiary/aromatic N) is 6. The molecule has 2 N–H and O–H groups in total. The predicted molar refractivity (Wildman–Crippen MR) is 72.4 cm³/mol. The van der Waals surface area contributed by atoms with Crippen LogP contribution in [0.3, 0.4) is 0 Å². The van der Waals surface area contributed by atoms with Gasteiger partial charge in [0.15, 0.2) is 0 Å². The number of nitrogens with two attached hydrogens (primary N) is 1. The van der Waals surface area contributed by atoms with E-state index in [4.69, 9.17) is 17.3 Å². The number of hydrogen-bond donors (Lipinski definition) is 1. The van der Waals surface area contributed by atoms with Gasteiger partial charge in [0.25, 0.3) is 5.95 Å². The maximum absolute atomic E-state index is 5.84. The van der Waals surface area contributed by atoms with E-state index in [2.05, 4.69) is 25.0 Å². The van der Waals surface area contributed by atoms with Gasteiger partial charge in [0, 0.05) is 13.1 Å². The molecule has 0 bridgehead atoms. The highest BCUT2D eigenvalue weighted by molar-refractivity contribution is 6.30. The van der Waals surface area contributed by atoms with Crippen LogP contribution in [0.25, 0.3) is 5.95 Å². The normalized spacial score (nSPS) is 15.7. The number of aromatic nitrogens is 5. The van der Waals surface area contributed by atoms with Crippen LogP contribution in [0.5, 0.6) is 0 Å². The summed E-state index contributed by atoms with van der Waals surface area (Å²) < 4.78 is 1.49. The zero-order valence-corrected chi connectivity index (χ0v) is 11.1. The third-order valence-corrected chi connectivity index (χ3v) is 3.22. The van der Waals surface area contributed by atoms with Crippen molar-refractivity contribution in [1.29, 1.82) is 0 Å². The molecule has 0 aliphatic carbocycles. The quantitative estimate of drug-likeness (QED) is 0.891. The summed E-state index contributed by atoms with van der Waals surface area (Å²) in [5, 5.41) is 4.60. The minimum Gasteiger partial charge on any atom is -0.368 e. The summed E-state index contributed by atoms with van der Waals surface area (Å²) in [4.78, 5) is 14.8. The van der Waals surface area contributed by atoms with Gasteiger partial charge in [-0.2, -0.15) is 20.1 Å². The highest BCUT2D eigenvalue weighted by atomic mass is 35.5. The van der Waals surface area contributed by atoms with Gasteiger partial charge in [0.2, 0.25) is 11.9 Å². The molecule has 0 atom stereocenters. The molecule has 0 saturated carbocycles. The molecular formula is C11H14ClN7. The van der Waals surface area contributed by atoms with Gasteiger partial charge in [-0.1, -0.05) is 11.6 Å². The van der Waals surface area contributed by atoms with Crippen LogP contribution in [0.2, 0.25) is 5.02 Å². The Labute approximate surface area is 115 Å². The summed E-state index contributed by atoms with van der Waals surface area (Å²) >= 11 is 5.84. The van der Waals surface area contributed by atoms with Gasteiger partial charge in [-0.3, -0.25) is 0 Å². The second-order valence-corrected chi connectivity index (χ2v) is 4.88. The molecule has 2 aromatic heterocycles. The van der Waals surface area contributed by atoms with Crippen LogP contribution in [0.4, 0.5) is 11.9 Å². The topological polar surface area (TPSA) is 85.8 Å². The number of halogens is 1. The summed E-state index contributed by atoms with van der Waals surface area (Å²) in [6.45, 7) is 1.89. The Morgan fingerprint density at radius 2 is 1.79 bits per heavy atom. The van der Waals surface area contributed by atoms with Gasteiger partial charge in [-0.05, 0) is 19.3 Å². The third-order valence-electron chi connectivity index (χ3n) is 3.02. The van der Waals surface area contributed by atoms with Crippen molar-refractivity contribution < 1.29 is 0 Å². The molecule has 7 nitrogen and oxygen atoms in total. The Bertz CT molecular complexity index is 576. The van der Waals surface area contributed by atoms with Crippen molar-refractivity contribution in [3.05, 3.63) is 17.4 Å². The van der Waals surface area contributed by atoms with E-state index in [9.17, 15) is 0 Å². The van der Waals surface area contributed by atoms with Gasteiger partial charge in [0.05, 0.1) is 17.4 Å². The van der Waals surface area contributed by atoms with Gasteiger partial charge >= 0.3 is 0 Å². The number of hydrogen-bond acceptors (Lipinski definition) is 6. The van der Waals surface area contributed by atoms with Crippen LogP contribution in [0.15, 0.2) is 12.4 Å². The van der Waals surface area contributed by atoms with Gasteiger partial charge in [-0.15, -0.1) is 0 Å². The van der Waals surface area contributed by atoms with Crippen molar-refractivity contribution in [3.63, 3.8) is 0 Å². The van der Waals surface area contributed by atoms with E-state index in [1.54, 1.807) is 6.20 Å². The molecule has 19 heavy (non-hydrogen) atoms. The fourth-order valence-electron chi connectivity index (χ4n) is 2.12. The van der Waals surface area contributed by atoms with Crippen LogP contribution < -0.4 is 10.6 Å². The Morgan fingerprint density at radius 3 is 2.47 bits per heavy atom. The van der Waals surface area contributed by atoms with Crippen LogP contribution in [0.1, 0.15) is 19.3 Å². The number of piperidine rings is 1. The molecule has 0 unspecified atom stereocenters.